The normalized spacial score (nSPS) is 15.6. The van der Waals surface area contributed by atoms with Gasteiger partial charge in [-0.05, 0) is 36.8 Å². The van der Waals surface area contributed by atoms with Crippen LogP contribution in [-0.2, 0) is 20.9 Å². The largest absolute Gasteiger partial charge is 0.507 e. The van der Waals surface area contributed by atoms with Crippen LogP contribution in [-0.4, -0.2) is 29.0 Å². The maximum atomic E-state index is 13.1. The molecule has 0 atom stereocenters. The molecule has 0 aliphatic carbocycles. The summed E-state index contributed by atoms with van der Waals surface area (Å²) in [6, 6.07) is 14.4. The number of rotatable bonds is 4. The van der Waals surface area contributed by atoms with Crippen LogP contribution in [0, 0.1) is 0 Å². The van der Waals surface area contributed by atoms with Gasteiger partial charge in [-0.25, -0.2) is 4.79 Å². The third-order valence-electron chi connectivity index (χ3n) is 4.37. The minimum absolute atomic E-state index is 0.0156. The molecule has 1 amide bonds. The van der Waals surface area contributed by atoms with Crippen LogP contribution in [0.25, 0.3) is 6.08 Å². The van der Waals surface area contributed by atoms with Gasteiger partial charge in [0.1, 0.15) is 5.75 Å². The van der Waals surface area contributed by atoms with Crippen molar-refractivity contribution in [2.45, 2.75) is 13.5 Å². The van der Waals surface area contributed by atoms with Gasteiger partial charge in [-0.15, -0.1) is 0 Å². The molecule has 0 radical (unpaired) electrons. The van der Waals surface area contributed by atoms with E-state index >= 15 is 0 Å². The molecular weight excluding hydrogens is 410 g/mol. The zero-order valence-electron chi connectivity index (χ0n) is 14.9. The van der Waals surface area contributed by atoms with E-state index in [2.05, 4.69) is 15.9 Å². The molecule has 0 spiro atoms. The number of halogens is 1. The Morgan fingerprint density at radius 1 is 1.22 bits per heavy atom. The molecule has 6 heteroatoms. The molecule has 27 heavy (non-hydrogen) atoms. The summed E-state index contributed by atoms with van der Waals surface area (Å²) >= 11 is 3.35. The van der Waals surface area contributed by atoms with Crippen molar-refractivity contribution in [2.24, 2.45) is 0 Å². The molecule has 1 heterocycles. The highest BCUT2D eigenvalue weighted by molar-refractivity contribution is 9.10. The number of ether oxygens (including phenoxy) is 1. The fourth-order valence-corrected chi connectivity index (χ4v) is 3.36. The first-order chi connectivity index (χ1) is 12.9. The number of methoxy groups -OCH3 is 1. The van der Waals surface area contributed by atoms with E-state index in [0.717, 1.165) is 10.0 Å². The van der Waals surface area contributed by atoms with E-state index in [0.29, 0.717) is 17.8 Å². The maximum absolute atomic E-state index is 13.1. The van der Waals surface area contributed by atoms with Crippen LogP contribution < -0.4 is 0 Å². The highest BCUT2D eigenvalue weighted by Gasteiger charge is 2.37. The van der Waals surface area contributed by atoms with Gasteiger partial charge in [0.15, 0.2) is 0 Å². The molecule has 0 fully saturated rings. The zero-order valence-corrected chi connectivity index (χ0v) is 16.5. The number of hydrogen-bond donors (Lipinski definition) is 1. The Morgan fingerprint density at radius 2 is 1.93 bits per heavy atom. The van der Waals surface area contributed by atoms with Crippen LogP contribution in [0.3, 0.4) is 0 Å². The summed E-state index contributed by atoms with van der Waals surface area (Å²) < 4.78 is 5.63. The third kappa shape index (κ3) is 3.80. The Labute approximate surface area is 165 Å². The molecule has 5 nitrogen and oxygen atoms in total. The average molecular weight is 428 g/mol. The van der Waals surface area contributed by atoms with Gasteiger partial charge in [-0.3, -0.25) is 4.79 Å². The lowest BCUT2D eigenvalue weighted by Gasteiger charge is -2.17. The van der Waals surface area contributed by atoms with Crippen molar-refractivity contribution in [3.05, 3.63) is 81.0 Å². The summed E-state index contributed by atoms with van der Waals surface area (Å²) in [5.74, 6) is -0.879. The number of hydrogen-bond acceptors (Lipinski definition) is 4. The van der Waals surface area contributed by atoms with Crippen LogP contribution in [0.2, 0.25) is 0 Å². The third-order valence-corrected chi connectivity index (χ3v) is 4.87. The minimum atomic E-state index is -0.586. The fraction of sp³-hybridized carbons (Fsp3) is 0.143. The van der Waals surface area contributed by atoms with E-state index in [-0.39, 0.29) is 22.8 Å². The SMILES string of the molecule is COC(=O)C1=C(C)N(Cc2ccccc2)C(=O)/C1=C\c1cc(Br)ccc1O. The molecule has 138 valence electrons. The molecular formula is C21H18BrNO4. The summed E-state index contributed by atoms with van der Waals surface area (Å²) in [6.07, 6.45) is 1.52. The molecule has 2 aromatic carbocycles. The molecule has 0 aromatic heterocycles. The standard InChI is InChI=1S/C21H18BrNO4/c1-13-19(21(26)27-2)17(11-15-10-16(22)8-9-18(15)24)20(25)23(13)12-14-6-4-3-5-7-14/h3-11,24H,12H2,1-2H3/b17-11-. The number of allylic oxidation sites excluding steroid dienone is 1. The highest BCUT2D eigenvalue weighted by atomic mass is 79.9. The summed E-state index contributed by atoms with van der Waals surface area (Å²) in [5.41, 5.74) is 2.31. The highest BCUT2D eigenvalue weighted by Crippen LogP contribution is 2.34. The van der Waals surface area contributed by atoms with Crippen molar-refractivity contribution in [3.8, 4) is 5.75 Å². The minimum Gasteiger partial charge on any atom is -0.507 e. The molecule has 1 aliphatic rings. The molecule has 0 saturated heterocycles. The number of benzene rings is 2. The van der Waals surface area contributed by atoms with Crippen molar-refractivity contribution >= 4 is 33.9 Å². The van der Waals surface area contributed by atoms with Gasteiger partial charge in [0.2, 0.25) is 0 Å². The number of nitrogens with zero attached hydrogens (tertiary/aromatic N) is 1. The molecule has 1 N–H and O–H groups in total. The summed E-state index contributed by atoms with van der Waals surface area (Å²) in [6.45, 7) is 2.06. The van der Waals surface area contributed by atoms with Crippen LogP contribution in [0.1, 0.15) is 18.1 Å². The lowest BCUT2D eigenvalue weighted by atomic mass is 10.0. The number of aromatic hydroxyl groups is 1. The van der Waals surface area contributed by atoms with Gasteiger partial charge in [0.05, 0.1) is 24.8 Å². The lowest BCUT2D eigenvalue weighted by Crippen LogP contribution is -2.24. The predicted octanol–water partition coefficient (Wildman–Crippen LogP) is 4.03. The molecule has 0 bridgehead atoms. The van der Waals surface area contributed by atoms with Crippen molar-refractivity contribution in [3.63, 3.8) is 0 Å². The van der Waals surface area contributed by atoms with E-state index in [1.165, 1.54) is 19.3 Å². The Hall–Kier alpha value is -2.86. The number of esters is 1. The lowest BCUT2D eigenvalue weighted by molar-refractivity contribution is -0.136. The Bertz CT molecular complexity index is 963. The van der Waals surface area contributed by atoms with Crippen molar-refractivity contribution in [2.75, 3.05) is 7.11 Å². The number of carbonyl (C=O) groups is 2. The topological polar surface area (TPSA) is 66.8 Å². The molecule has 0 unspecified atom stereocenters. The van der Waals surface area contributed by atoms with Crippen LogP contribution in [0.5, 0.6) is 5.75 Å². The van der Waals surface area contributed by atoms with Crippen molar-refractivity contribution in [1.82, 2.24) is 4.90 Å². The summed E-state index contributed by atoms with van der Waals surface area (Å²) in [4.78, 5) is 27.0. The molecule has 1 aliphatic heterocycles. The van der Waals surface area contributed by atoms with E-state index in [1.54, 1.807) is 24.0 Å². The number of amides is 1. The van der Waals surface area contributed by atoms with Gasteiger partial charge in [-0.2, -0.15) is 0 Å². The van der Waals surface area contributed by atoms with Gasteiger partial charge in [0, 0.05) is 15.7 Å². The Kier molecular flexibility index (Phi) is 5.46. The predicted molar refractivity (Wildman–Crippen MR) is 105 cm³/mol. The second-order valence-electron chi connectivity index (χ2n) is 6.09. The number of phenols is 1. The number of carbonyl (C=O) groups excluding carboxylic acids is 2. The zero-order chi connectivity index (χ0) is 19.6. The monoisotopic (exact) mass is 427 g/mol. The van der Waals surface area contributed by atoms with Gasteiger partial charge in [-0.1, -0.05) is 46.3 Å². The second kappa shape index (κ2) is 7.80. The van der Waals surface area contributed by atoms with Crippen molar-refractivity contribution < 1.29 is 19.4 Å². The first kappa shape index (κ1) is 18.9. The van der Waals surface area contributed by atoms with Crippen molar-refractivity contribution in [1.29, 1.82) is 0 Å². The average Bonchev–Trinajstić information content (AvgIpc) is 2.89. The summed E-state index contributed by atoms with van der Waals surface area (Å²) in [5, 5.41) is 10.1. The van der Waals surface area contributed by atoms with E-state index in [4.69, 9.17) is 4.74 Å². The Balaban J connectivity index is 2.07. The van der Waals surface area contributed by atoms with E-state index in [1.807, 2.05) is 30.3 Å². The first-order valence-electron chi connectivity index (χ1n) is 8.28. The van der Waals surface area contributed by atoms with Gasteiger partial charge < -0.3 is 14.7 Å². The molecule has 0 saturated carbocycles. The van der Waals surface area contributed by atoms with E-state index in [9.17, 15) is 14.7 Å². The molecule has 2 aromatic rings. The fourth-order valence-electron chi connectivity index (χ4n) is 2.98. The van der Waals surface area contributed by atoms with Crippen LogP contribution in [0.15, 0.2) is 69.8 Å². The second-order valence-corrected chi connectivity index (χ2v) is 7.01. The maximum Gasteiger partial charge on any atom is 0.340 e. The smallest absolute Gasteiger partial charge is 0.340 e. The van der Waals surface area contributed by atoms with Crippen LogP contribution >= 0.6 is 15.9 Å². The van der Waals surface area contributed by atoms with Crippen LogP contribution in [0.4, 0.5) is 0 Å². The number of phenolic OH excluding ortho intramolecular Hbond substituents is 1. The summed E-state index contributed by atoms with van der Waals surface area (Å²) in [7, 11) is 1.28. The Morgan fingerprint density at radius 3 is 2.59 bits per heavy atom. The molecule has 3 rings (SSSR count). The first-order valence-corrected chi connectivity index (χ1v) is 9.07. The quantitative estimate of drug-likeness (QED) is 0.590. The van der Waals surface area contributed by atoms with E-state index < -0.39 is 5.97 Å². The van der Waals surface area contributed by atoms with Gasteiger partial charge >= 0.3 is 5.97 Å². The van der Waals surface area contributed by atoms with Gasteiger partial charge in [0.25, 0.3) is 5.91 Å².